The quantitative estimate of drug-likeness (QED) is 0.594. The highest BCUT2D eigenvalue weighted by Crippen LogP contribution is 2.29. The molecule has 0 aromatic heterocycles. The minimum atomic E-state index is -0.695. The van der Waals surface area contributed by atoms with E-state index >= 15 is 0 Å². The van der Waals surface area contributed by atoms with Gasteiger partial charge in [0.2, 0.25) is 0 Å². The zero-order valence-corrected chi connectivity index (χ0v) is 13.8. The summed E-state index contributed by atoms with van der Waals surface area (Å²) in [6.07, 6.45) is 0. The molecule has 0 aliphatic carbocycles. The fourth-order valence-corrected chi connectivity index (χ4v) is 2.22. The summed E-state index contributed by atoms with van der Waals surface area (Å²) >= 11 is 11.6. The van der Waals surface area contributed by atoms with Crippen molar-refractivity contribution in [3.63, 3.8) is 0 Å². The predicted molar refractivity (Wildman–Crippen MR) is 90.3 cm³/mol. The number of anilines is 1. The lowest BCUT2D eigenvalue weighted by Gasteiger charge is -2.09. The number of amides is 1. The normalized spacial score (nSPS) is 10.2. The molecule has 0 heterocycles. The maximum absolute atomic E-state index is 11.9. The smallest absolute Gasteiger partial charge is 0.292 e. The lowest BCUT2D eigenvalue weighted by atomic mass is 10.2. The van der Waals surface area contributed by atoms with Gasteiger partial charge < -0.3 is 10.1 Å². The van der Waals surface area contributed by atoms with Gasteiger partial charge in [0, 0.05) is 23.2 Å². The molecule has 0 aliphatic rings. The van der Waals surface area contributed by atoms with Crippen molar-refractivity contribution >= 4 is 46.2 Å². The molecule has 25 heavy (non-hydrogen) atoms. The molecule has 0 bridgehead atoms. The van der Waals surface area contributed by atoms with Crippen LogP contribution in [0.5, 0.6) is 5.75 Å². The molecule has 2 rings (SSSR count). The number of halogens is 2. The number of rotatable bonds is 6. The predicted octanol–water partition coefficient (Wildman–Crippen LogP) is 3.83. The van der Waals surface area contributed by atoms with Crippen molar-refractivity contribution in [1.29, 1.82) is 0 Å². The maximum atomic E-state index is 11.9. The zero-order valence-electron chi connectivity index (χ0n) is 12.3. The first kappa shape index (κ1) is 18.4. The number of non-ortho nitro benzene ring substituents is 1. The van der Waals surface area contributed by atoms with Crippen LogP contribution in [0.1, 0.15) is 0 Å². The standard InChI is InChI=1S/C14H9Cl2N3O6/c15-8-1-3-12(19(23)24)11(5-8)17-14(20)7-25-13-4-2-9(18(21)22)6-10(13)16/h1-6H,7H2,(H,17,20). The van der Waals surface area contributed by atoms with Crippen molar-refractivity contribution < 1.29 is 19.4 Å². The fraction of sp³-hybridized carbons (Fsp3) is 0.0714. The second-order valence-corrected chi connectivity index (χ2v) is 5.47. The summed E-state index contributed by atoms with van der Waals surface area (Å²) in [5, 5.41) is 24.0. The number of carbonyl (C=O) groups is 1. The number of nitro benzene ring substituents is 2. The Balaban J connectivity index is 2.06. The van der Waals surface area contributed by atoms with E-state index in [9.17, 15) is 25.0 Å². The number of carbonyl (C=O) groups excluding carboxylic acids is 1. The Bertz CT molecular complexity index is 858. The van der Waals surface area contributed by atoms with Gasteiger partial charge in [-0.15, -0.1) is 0 Å². The van der Waals surface area contributed by atoms with E-state index in [4.69, 9.17) is 27.9 Å². The Morgan fingerprint density at radius 1 is 1.08 bits per heavy atom. The van der Waals surface area contributed by atoms with Crippen LogP contribution in [-0.2, 0) is 4.79 Å². The third-order valence-electron chi connectivity index (χ3n) is 2.91. The first-order valence-corrected chi connectivity index (χ1v) is 7.34. The molecule has 0 aliphatic heterocycles. The molecule has 2 aromatic rings. The number of benzene rings is 2. The van der Waals surface area contributed by atoms with Crippen LogP contribution < -0.4 is 10.1 Å². The lowest BCUT2D eigenvalue weighted by molar-refractivity contribution is -0.384. The monoisotopic (exact) mass is 385 g/mol. The summed E-state index contributed by atoms with van der Waals surface area (Å²) in [6.45, 7) is -0.513. The van der Waals surface area contributed by atoms with Crippen LogP contribution in [0.4, 0.5) is 17.1 Å². The summed E-state index contributed by atoms with van der Waals surface area (Å²) < 4.78 is 5.17. The van der Waals surface area contributed by atoms with Crippen molar-refractivity contribution in [3.05, 3.63) is 66.7 Å². The molecule has 9 nitrogen and oxygen atoms in total. The van der Waals surface area contributed by atoms with Crippen LogP contribution in [0.25, 0.3) is 0 Å². The topological polar surface area (TPSA) is 125 Å². The average molecular weight is 386 g/mol. The number of nitrogens with one attached hydrogen (secondary N) is 1. The third-order valence-corrected chi connectivity index (χ3v) is 3.44. The highest BCUT2D eigenvalue weighted by atomic mass is 35.5. The number of nitro groups is 2. The molecular weight excluding hydrogens is 377 g/mol. The van der Waals surface area contributed by atoms with Gasteiger partial charge in [-0.1, -0.05) is 23.2 Å². The van der Waals surface area contributed by atoms with Gasteiger partial charge in [-0.2, -0.15) is 0 Å². The Hall–Kier alpha value is -2.91. The Morgan fingerprint density at radius 2 is 1.80 bits per heavy atom. The van der Waals surface area contributed by atoms with E-state index in [1.165, 1.54) is 24.3 Å². The number of hydrogen-bond acceptors (Lipinski definition) is 6. The summed E-state index contributed by atoms with van der Waals surface area (Å²) in [5.41, 5.74) is -0.636. The molecule has 11 heteroatoms. The van der Waals surface area contributed by atoms with E-state index in [-0.39, 0.29) is 32.9 Å². The van der Waals surface area contributed by atoms with Crippen LogP contribution in [-0.4, -0.2) is 22.4 Å². The molecule has 0 fully saturated rings. The zero-order chi connectivity index (χ0) is 18.6. The minimum absolute atomic E-state index is 0.0456. The van der Waals surface area contributed by atoms with E-state index in [1.54, 1.807) is 0 Å². The SMILES string of the molecule is O=C(COc1ccc([N+](=O)[O-])cc1Cl)Nc1cc(Cl)ccc1[N+](=O)[O-]. The maximum Gasteiger partial charge on any atom is 0.292 e. The van der Waals surface area contributed by atoms with Gasteiger partial charge >= 0.3 is 0 Å². The molecule has 0 saturated heterocycles. The Kier molecular flexibility index (Phi) is 5.73. The molecule has 0 spiro atoms. The number of ether oxygens (including phenoxy) is 1. The van der Waals surface area contributed by atoms with Crippen LogP contribution in [0, 0.1) is 20.2 Å². The summed E-state index contributed by atoms with van der Waals surface area (Å²) in [5.74, 6) is -0.636. The highest BCUT2D eigenvalue weighted by Gasteiger charge is 2.17. The second-order valence-electron chi connectivity index (χ2n) is 4.63. The average Bonchev–Trinajstić information content (AvgIpc) is 2.53. The molecule has 0 unspecified atom stereocenters. The van der Waals surface area contributed by atoms with Crippen molar-refractivity contribution in [2.24, 2.45) is 0 Å². The molecule has 130 valence electrons. The van der Waals surface area contributed by atoms with Gasteiger partial charge in [0.05, 0.1) is 14.9 Å². The van der Waals surface area contributed by atoms with Gasteiger partial charge in [-0.25, -0.2) is 0 Å². The molecule has 0 saturated carbocycles. The summed E-state index contributed by atoms with van der Waals surface area (Å²) in [7, 11) is 0. The minimum Gasteiger partial charge on any atom is -0.482 e. The van der Waals surface area contributed by atoms with Gasteiger partial charge in [0.1, 0.15) is 11.4 Å². The molecular formula is C14H9Cl2N3O6. The van der Waals surface area contributed by atoms with E-state index in [0.29, 0.717) is 0 Å². The first-order valence-electron chi connectivity index (χ1n) is 6.58. The largest absolute Gasteiger partial charge is 0.482 e. The Labute approximate surface area is 150 Å². The van der Waals surface area contributed by atoms with Crippen molar-refractivity contribution in [2.45, 2.75) is 0 Å². The molecule has 1 amide bonds. The van der Waals surface area contributed by atoms with Gasteiger partial charge in [0.15, 0.2) is 6.61 Å². The van der Waals surface area contributed by atoms with Crippen molar-refractivity contribution in [1.82, 2.24) is 0 Å². The third kappa shape index (κ3) is 4.78. The van der Waals surface area contributed by atoms with Crippen molar-refractivity contribution in [3.8, 4) is 5.75 Å². The Morgan fingerprint density at radius 3 is 2.40 bits per heavy atom. The van der Waals surface area contributed by atoms with Gasteiger partial charge in [-0.05, 0) is 18.2 Å². The summed E-state index contributed by atoms with van der Waals surface area (Å²) in [6, 6.07) is 7.21. The van der Waals surface area contributed by atoms with Crippen LogP contribution >= 0.6 is 23.2 Å². The second kappa shape index (κ2) is 7.77. The highest BCUT2D eigenvalue weighted by molar-refractivity contribution is 6.32. The van der Waals surface area contributed by atoms with Gasteiger partial charge in [-0.3, -0.25) is 25.0 Å². The number of nitrogens with zero attached hydrogens (tertiary/aromatic N) is 2. The molecule has 0 atom stereocenters. The van der Waals surface area contributed by atoms with E-state index < -0.39 is 22.4 Å². The van der Waals surface area contributed by atoms with E-state index in [1.807, 2.05) is 0 Å². The lowest BCUT2D eigenvalue weighted by Crippen LogP contribution is -2.20. The van der Waals surface area contributed by atoms with Crippen LogP contribution in [0.15, 0.2) is 36.4 Å². The fourth-order valence-electron chi connectivity index (χ4n) is 1.82. The van der Waals surface area contributed by atoms with Crippen LogP contribution in [0.3, 0.4) is 0 Å². The van der Waals surface area contributed by atoms with Crippen LogP contribution in [0.2, 0.25) is 10.0 Å². The first-order chi connectivity index (χ1) is 11.8. The van der Waals surface area contributed by atoms with Gasteiger partial charge in [0.25, 0.3) is 17.3 Å². The van der Waals surface area contributed by atoms with E-state index in [0.717, 1.165) is 12.1 Å². The van der Waals surface area contributed by atoms with Crippen molar-refractivity contribution in [2.75, 3.05) is 11.9 Å². The molecule has 1 N–H and O–H groups in total. The molecule has 2 aromatic carbocycles. The van der Waals surface area contributed by atoms with E-state index in [2.05, 4.69) is 5.32 Å². The number of hydrogen-bond donors (Lipinski definition) is 1. The summed E-state index contributed by atoms with van der Waals surface area (Å²) in [4.78, 5) is 32.2. The molecule has 0 radical (unpaired) electrons.